The third-order valence-corrected chi connectivity index (χ3v) is 5.21. The smallest absolute Gasteiger partial charge is 0.335 e. The molecule has 0 spiro atoms. The van der Waals surface area contributed by atoms with Crippen LogP contribution in [0.15, 0.2) is 42.5 Å². The number of carbonyl (C=O) groups excluding carboxylic acids is 1. The summed E-state index contributed by atoms with van der Waals surface area (Å²) in [4.78, 5) is 14.1. The van der Waals surface area contributed by atoms with Crippen LogP contribution in [0.5, 0.6) is 5.75 Å². The minimum Gasteiger partial charge on any atom is -0.487 e. The van der Waals surface area contributed by atoms with Gasteiger partial charge in [0.05, 0.1) is 18.8 Å². The predicted molar refractivity (Wildman–Crippen MR) is 119 cm³/mol. The summed E-state index contributed by atoms with van der Waals surface area (Å²) in [6, 6.07) is 12.7. The SMILES string of the molecule is CCOC(=O)[C@H](Cc1ccc(NCCCN2CC(C)Oc3cc(F)ccc32)cc1)OC. The highest BCUT2D eigenvalue weighted by Crippen LogP contribution is 2.33. The molecule has 31 heavy (non-hydrogen) atoms. The van der Waals surface area contributed by atoms with Crippen molar-refractivity contribution in [2.45, 2.75) is 38.9 Å². The Morgan fingerprint density at radius 3 is 2.77 bits per heavy atom. The van der Waals surface area contributed by atoms with Gasteiger partial charge in [0.2, 0.25) is 0 Å². The molecule has 0 bridgehead atoms. The lowest BCUT2D eigenvalue weighted by Gasteiger charge is -2.35. The van der Waals surface area contributed by atoms with E-state index in [9.17, 15) is 9.18 Å². The molecule has 2 aromatic carbocycles. The summed E-state index contributed by atoms with van der Waals surface area (Å²) in [6.45, 7) is 6.57. The van der Waals surface area contributed by atoms with Crippen molar-refractivity contribution < 1.29 is 23.4 Å². The summed E-state index contributed by atoms with van der Waals surface area (Å²) in [6.07, 6.45) is 0.844. The van der Waals surface area contributed by atoms with Gasteiger partial charge in [-0.2, -0.15) is 0 Å². The Labute approximate surface area is 183 Å². The average molecular weight is 431 g/mol. The molecule has 1 aliphatic rings. The summed E-state index contributed by atoms with van der Waals surface area (Å²) in [5, 5.41) is 3.43. The number of esters is 1. The van der Waals surface area contributed by atoms with Gasteiger partial charge in [-0.1, -0.05) is 12.1 Å². The standard InChI is InChI=1S/C24H31FN2O4/c1-4-30-24(28)23(29-3)14-18-6-9-20(10-7-18)26-12-5-13-27-16-17(2)31-22-15-19(25)8-11-21(22)27/h6-11,15,17,23,26H,4-5,12-14,16H2,1-3H3/t17?,23-/m0/s1. The molecule has 0 saturated carbocycles. The van der Waals surface area contributed by atoms with E-state index in [2.05, 4.69) is 10.2 Å². The summed E-state index contributed by atoms with van der Waals surface area (Å²) in [5.41, 5.74) is 2.97. The third-order valence-electron chi connectivity index (χ3n) is 5.21. The fraction of sp³-hybridized carbons (Fsp3) is 0.458. The zero-order valence-electron chi connectivity index (χ0n) is 18.4. The number of hydrogen-bond donors (Lipinski definition) is 1. The molecule has 1 heterocycles. The molecule has 0 aliphatic carbocycles. The van der Waals surface area contributed by atoms with Crippen LogP contribution in [-0.4, -0.2) is 51.5 Å². The molecule has 7 heteroatoms. The maximum Gasteiger partial charge on any atom is 0.335 e. The fourth-order valence-electron chi connectivity index (χ4n) is 3.69. The quantitative estimate of drug-likeness (QED) is 0.454. The number of methoxy groups -OCH3 is 1. The van der Waals surface area contributed by atoms with E-state index in [0.29, 0.717) is 18.8 Å². The second-order valence-electron chi connectivity index (χ2n) is 7.64. The Morgan fingerprint density at radius 2 is 2.06 bits per heavy atom. The summed E-state index contributed by atoms with van der Waals surface area (Å²) < 4.78 is 29.5. The van der Waals surface area contributed by atoms with Crippen molar-refractivity contribution in [1.29, 1.82) is 0 Å². The second kappa shape index (κ2) is 11.0. The van der Waals surface area contributed by atoms with Gasteiger partial charge in [-0.3, -0.25) is 0 Å². The largest absolute Gasteiger partial charge is 0.487 e. The zero-order chi connectivity index (χ0) is 22.2. The topological polar surface area (TPSA) is 60.0 Å². The minimum atomic E-state index is -0.592. The van der Waals surface area contributed by atoms with Gasteiger partial charge >= 0.3 is 5.97 Å². The molecule has 0 amide bonds. The predicted octanol–water partition coefficient (Wildman–Crippen LogP) is 4.04. The third kappa shape index (κ3) is 6.34. The van der Waals surface area contributed by atoms with E-state index in [-0.39, 0.29) is 17.9 Å². The van der Waals surface area contributed by atoms with Gasteiger partial charge in [0.1, 0.15) is 17.7 Å². The Bertz CT molecular complexity index is 859. The number of benzene rings is 2. The first-order chi connectivity index (χ1) is 15.0. The molecule has 1 aliphatic heterocycles. The number of hydrogen-bond acceptors (Lipinski definition) is 6. The normalized spacial score (nSPS) is 16.3. The van der Waals surface area contributed by atoms with E-state index in [1.165, 1.54) is 19.2 Å². The second-order valence-corrected chi connectivity index (χ2v) is 7.64. The van der Waals surface area contributed by atoms with Crippen LogP contribution in [0.25, 0.3) is 0 Å². The van der Waals surface area contributed by atoms with Gasteiger partial charge in [-0.05, 0) is 50.1 Å². The van der Waals surface area contributed by atoms with E-state index < -0.39 is 6.10 Å². The molecule has 168 valence electrons. The van der Waals surface area contributed by atoms with Crippen molar-refractivity contribution in [2.24, 2.45) is 0 Å². The van der Waals surface area contributed by atoms with Crippen LogP contribution in [-0.2, 0) is 20.7 Å². The molecule has 1 unspecified atom stereocenters. The van der Waals surface area contributed by atoms with Crippen LogP contribution in [0, 0.1) is 5.82 Å². The summed E-state index contributed by atoms with van der Waals surface area (Å²) in [5.74, 6) is -0.00888. The molecule has 0 radical (unpaired) electrons. The molecule has 6 nitrogen and oxygen atoms in total. The van der Waals surface area contributed by atoms with Crippen LogP contribution in [0.2, 0.25) is 0 Å². The van der Waals surface area contributed by atoms with Crippen molar-refractivity contribution in [3.8, 4) is 5.75 Å². The molecule has 3 rings (SSSR count). The fourth-order valence-corrected chi connectivity index (χ4v) is 3.69. The van der Waals surface area contributed by atoms with Gasteiger partial charge in [0.15, 0.2) is 6.10 Å². The molecule has 2 atom stereocenters. The highest BCUT2D eigenvalue weighted by Gasteiger charge is 2.23. The molecule has 2 aromatic rings. The van der Waals surface area contributed by atoms with Crippen molar-refractivity contribution in [3.63, 3.8) is 0 Å². The first-order valence-corrected chi connectivity index (χ1v) is 10.7. The van der Waals surface area contributed by atoms with E-state index in [1.54, 1.807) is 13.0 Å². The molecule has 1 N–H and O–H groups in total. The van der Waals surface area contributed by atoms with E-state index in [4.69, 9.17) is 14.2 Å². The number of carbonyl (C=O) groups is 1. The maximum absolute atomic E-state index is 13.5. The molecule has 0 saturated heterocycles. The highest BCUT2D eigenvalue weighted by molar-refractivity contribution is 5.75. The van der Waals surface area contributed by atoms with Crippen LogP contribution >= 0.6 is 0 Å². The molecule has 0 fully saturated rings. The van der Waals surface area contributed by atoms with Gasteiger partial charge in [0, 0.05) is 38.4 Å². The van der Waals surface area contributed by atoms with E-state index in [0.717, 1.165) is 43.0 Å². The lowest BCUT2D eigenvalue weighted by atomic mass is 10.1. The van der Waals surface area contributed by atoms with Gasteiger partial charge < -0.3 is 24.4 Å². The van der Waals surface area contributed by atoms with Crippen LogP contribution in [0.4, 0.5) is 15.8 Å². The van der Waals surface area contributed by atoms with E-state index in [1.807, 2.05) is 31.2 Å². The summed E-state index contributed by atoms with van der Waals surface area (Å²) >= 11 is 0. The monoisotopic (exact) mass is 430 g/mol. The molecular formula is C24H31FN2O4. The maximum atomic E-state index is 13.5. The summed E-state index contributed by atoms with van der Waals surface area (Å²) in [7, 11) is 1.52. The number of rotatable bonds is 10. The van der Waals surface area contributed by atoms with Crippen molar-refractivity contribution >= 4 is 17.3 Å². The first kappa shape index (κ1) is 22.9. The number of nitrogens with zero attached hydrogens (tertiary/aromatic N) is 1. The van der Waals surface area contributed by atoms with Crippen molar-refractivity contribution in [3.05, 3.63) is 53.8 Å². The van der Waals surface area contributed by atoms with Gasteiger partial charge in [-0.15, -0.1) is 0 Å². The minimum absolute atomic E-state index is 0.0281. The number of ether oxygens (including phenoxy) is 3. The molecular weight excluding hydrogens is 399 g/mol. The zero-order valence-corrected chi connectivity index (χ0v) is 18.4. The Morgan fingerprint density at radius 1 is 1.29 bits per heavy atom. The Balaban J connectivity index is 1.47. The van der Waals surface area contributed by atoms with Gasteiger partial charge in [-0.25, -0.2) is 9.18 Å². The number of fused-ring (bicyclic) bond motifs is 1. The Kier molecular flexibility index (Phi) is 8.12. The number of halogens is 1. The van der Waals surface area contributed by atoms with Crippen molar-refractivity contribution in [1.82, 2.24) is 0 Å². The lowest BCUT2D eigenvalue weighted by molar-refractivity contribution is -0.154. The van der Waals surface area contributed by atoms with Crippen LogP contribution in [0.3, 0.4) is 0 Å². The Hall–Kier alpha value is -2.80. The lowest BCUT2D eigenvalue weighted by Crippen LogP contribution is -2.39. The average Bonchev–Trinajstić information content (AvgIpc) is 2.75. The van der Waals surface area contributed by atoms with Crippen LogP contribution < -0.4 is 15.0 Å². The highest BCUT2D eigenvalue weighted by atomic mass is 19.1. The first-order valence-electron chi connectivity index (χ1n) is 10.7. The van der Waals surface area contributed by atoms with Crippen molar-refractivity contribution in [2.75, 3.05) is 43.6 Å². The van der Waals surface area contributed by atoms with E-state index >= 15 is 0 Å². The molecule has 0 aromatic heterocycles. The van der Waals surface area contributed by atoms with Crippen LogP contribution in [0.1, 0.15) is 25.8 Å². The van der Waals surface area contributed by atoms with Gasteiger partial charge in [0.25, 0.3) is 0 Å². The number of nitrogens with one attached hydrogen (secondary N) is 1. The number of anilines is 2.